The zero-order chi connectivity index (χ0) is 9.90. The predicted molar refractivity (Wildman–Crippen MR) is 55.4 cm³/mol. The Morgan fingerprint density at radius 2 is 2.15 bits per heavy atom. The maximum absolute atomic E-state index is 4.27. The number of aromatic nitrogens is 2. The van der Waals surface area contributed by atoms with E-state index in [4.69, 9.17) is 0 Å². The van der Waals surface area contributed by atoms with E-state index in [-0.39, 0.29) is 5.41 Å². The third-order valence-corrected chi connectivity index (χ3v) is 2.47. The molecule has 0 aliphatic rings. The lowest BCUT2D eigenvalue weighted by Gasteiger charge is -2.21. The highest BCUT2D eigenvalue weighted by Crippen LogP contribution is 2.24. The maximum atomic E-state index is 4.27. The SMILES string of the molecule is C=Cc1cc(C(C)(C)CC)ncn1. The van der Waals surface area contributed by atoms with Crippen LogP contribution < -0.4 is 0 Å². The van der Waals surface area contributed by atoms with Crippen LogP contribution in [0.1, 0.15) is 38.6 Å². The van der Waals surface area contributed by atoms with Crippen LogP contribution >= 0.6 is 0 Å². The van der Waals surface area contributed by atoms with Gasteiger partial charge in [0, 0.05) is 11.1 Å². The molecule has 0 aliphatic carbocycles. The molecular weight excluding hydrogens is 160 g/mol. The molecule has 1 heterocycles. The first-order valence-corrected chi connectivity index (χ1v) is 4.55. The number of hydrogen-bond donors (Lipinski definition) is 0. The van der Waals surface area contributed by atoms with Crippen molar-refractivity contribution in [3.63, 3.8) is 0 Å². The van der Waals surface area contributed by atoms with Gasteiger partial charge >= 0.3 is 0 Å². The second-order valence-electron chi connectivity index (χ2n) is 3.77. The Bertz CT molecular complexity index is 303. The molecule has 0 unspecified atom stereocenters. The average Bonchev–Trinajstić information content (AvgIpc) is 2.18. The highest BCUT2D eigenvalue weighted by molar-refractivity contribution is 5.42. The molecule has 1 aromatic rings. The van der Waals surface area contributed by atoms with Crippen LogP contribution in [-0.4, -0.2) is 9.97 Å². The molecule has 0 aliphatic heterocycles. The van der Waals surface area contributed by atoms with E-state index in [9.17, 15) is 0 Å². The van der Waals surface area contributed by atoms with Crippen molar-refractivity contribution in [1.82, 2.24) is 9.97 Å². The number of rotatable bonds is 3. The van der Waals surface area contributed by atoms with Crippen LogP contribution in [0.3, 0.4) is 0 Å². The summed E-state index contributed by atoms with van der Waals surface area (Å²) in [6.45, 7) is 10.2. The first-order chi connectivity index (χ1) is 6.10. The van der Waals surface area contributed by atoms with E-state index in [1.807, 2.05) is 6.07 Å². The van der Waals surface area contributed by atoms with Gasteiger partial charge in [-0.3, -0.25) is 0 Å². The van der Waals surface area contributed by atoms with Crippen molar-refractivity contribution >= 4 is 6.08 Å². The molecule has 0 radical (unpaired) electrons. The van der Waals surface area contributed by atoms with Gasteiger partial charge in [-0.25, -0.2) is 9.97 Å². The summed E-state index contributed by atoms with van der Waals surface area (Å²) in [5, 5.41) is 0. The summed E-state index contributed by atoms with van der Waals surface area (Å²) >= 11 is 0. The van der Waals surface area contributed by atoms with E-state index < -0.39 is 0 Å². The average molecular weight is 176 g/mol. The predicted octanol–water partition coefficient (Wildman–Crippen LogP) is 2.81. The molecule has 0 spiro atoms. The van der Waals surface area contributed by atoms with Crippen LogP contribution in [0.2, 0.25) is 0 Å². The highest BCUT2D eigenvalue weighted by Gasteiger charge is 2.19. The van der Waals surface area contributed by atoms with Crippen LogP contribution in [0.25, 0.3) is 6.08 Å². The van der Waals surface area contributed by atoms with Gasteiger partial charge < -0.3 is 0 Å². The van der Waals surface area contributed by atoms with Crippen LogP contribution in [-0.2, 0) is 5.41 Å². The van der Waals surface area contributed by atoms with E-state index in [2.05, 4.69) is 37.3 Å². The molecule has 0 saturated carbocycles. The molecule has 2 nitrogen and oxygen atoms in total. The molecule has 0 N–H and O–H groups in total. The molecule has 0 fully saturated rings. The lowest BCUT2D eigenvalue weighted by Crippen LogP contribution is -2.17. The molecule has 0 amide bonds. The summed E-state index contributed by atoms with van der Waals surface area (Å²) < 4.78 is 0. The van der Waals surface area contributed by atoms with Gasteiger partial charge in [-0.15, -0.1) is 0 Å². The maximum Gasteiger partial charge on any atom is 0.116 e. The Kier molecular flexibility index (Phi) is 2.81. The number of hydrogen-bond acceptors (Lipinski definition) is 2. The molecule has 0 bridgehead atoms. The van der Waals surface area contributed by atoms with Gasteiger partial charge in [0.1, 0.15) is 6.33 Å². The first-order valence-electron chi connectivity index (χ1n) is 4.55. The minimum Gasteiger partial charge on any atom is -0.241 e. The lowest BCUT2D eigenvalue weighted by atomic mass is 9.86. The Balaban J connectivity index is 3.08. The molecule has 2 heteroatoms. The third kappa shape index (κ3) is 2.14. The summed E-state index contributed by atoms with van der Waals surface area (Å²) in [5.41, 5.74) is 2.10. The van der Waals surface area contributed by atoms with Gasteiger partial charge in [0.15, 0.2) is 0 Å². The molecule has 1 aromatic heterocycles. The van der Waals surface area contributed by atoms with Crippen LogP contribution in [0.15, 0.2) is 19.0 Å². The summed E-state index contributed by atoms with van der Waals surface area (Å²) in [6, 6.07) is 2.00. The van der Waals surface area contributed by atoms with Crippen LogP contribution in [0, 0.1) is 0 Å². The summed E-state index contributed by atoms with van der Waals surface area (Å²) in [6.07, 6.45) is 4.42. The first kappa shape index (κ1) is 9.90. The van der Waals surface area contributed by atoms with Gasteiger partial charge in [0.05, 0.1) is 5.69 Å². The highest BCUT2D eigenvalue weighted by atomic mass is 14.8. The minimum atomic E-state index is 0.126. The standard InChI is InChI=1S/C11H16N2/c1-5-9-7-10(13-8-12-9)11(3,4)6-2/h5,7-8H,1,6H2,2-4H3. The van der Waals surface area contributed by atoms with Gasteiger partial charge in [-0.1, -0.05) is 27.4 Å². The summed E-state index contributed by atoms with van der Waals surface area (Å²) in [4.78, 5) is 8.35. The molecular formula is C11H16N2. The second kappa shape index (κ2) is 3.69. The fourth-order valence-electron chi connectivity index (χ4n) is 1.04. The topological polar surface area (TPSA) is 25.8 Å². The Labute approximate surface area is 79.7 Å². The Morgan fingerprint density at radius 1 is 1.46 bits per heavy atom. The third-order valence-electron chi connectivity index (χ3n) is 2.47. The fraction of sp³-hybridized carbons (Fsp3) is 0.455. The zero-order valence-electron chi connectivity index (χ0n) is 8.54. The lowest BCUT2D eigenvalue weighted by molar-refractivity contribution is 0.489. The van der Waals surface area contributed by atoms with E-state index in [1.54, 1.807) is 12.4 Å². The van der Waals surface area contributed by atoms with E-state index in [1.165, 1.54) is 0 Å². The minimum absolute atomic E-state index is 0.126. The molecule has 1 rings (SSSR count). The van der Waals surface area contributed by atoms with Gasteiger partial charge in [-0.05, 0) is 18.6 Å². The molecule has 70 valence electrons. The molecule has 0 atom stereocenters. The van der Waals surface area contributed by atoms with E-state index >= 15 is 0 Å². The Hall–Kier alpha value is -1.18. The van der Waals surface area contributed by atoms with Crippen molar-refractivity contribution in [3.8, 4) is 0 Å². The van der Waals surface area contributed by atoms with E-state index in [0.29, 0.717) is 0 Å². The van der Waals surface area contributed by atoms with Crippen LogP contribution in [0.5, 0.6) is 0 Å². The monoisotopic (exact) mass is 176 g/mol. The molecule has 0 saturated heterocycles. The quantitative estimate of drug-likeness (QED) is 0.707. The largest absolute Gasteiger partial charge is 0.241 e. The fourth-order valence-corrected chi connectivity index (χ4v) is 1.04. The zero-order valence-corrected chi connectivity index (χ0v) is 8.54. The van der Waals surface area contributed by atoms with Crippen molar-refractivity contribution in [2.75, 3.05) is 0 Å². The van der Waals surface area contributed by atoms with Gasteiger partial charge in [0.2, 0.25) is 0 Å². The Morgan fingerprint density at radius 3 is 2.69 bits per heavy atom. The van der Waals surface area contributed by atoms with Crippen LogP contribution in [0.4, 0.5) is 0 Å². The molecule has 13 heavy (non-hydrogen) atoms. The van der Waals surface area contributed by atoms with Gasteiger partial charge in [-0.2, -0.15) is 0 Å². The van der Waals surface area contributed by atoms with Crippen molar-refractivity contribution in [2.24, 2.45) is 0 Å². The summed E-state index contributed by atoms with van der Waals surface area (Å²) in [5.74, 6) is 0. The smallest absolute Gasteiger partial charge is 0.116 e. The van der Waals surface area contributed by atoms with Crippen molar-refractivity contribution in [1.29, 1.82) is 0 Å². The van der Waals surface area contributed by atoms with Gasteiger partial charge in [0.25, 0.3) is 0 Å². The van der Waals surface area contributed by atoms with Crippen molar-refractivity contribution in [3.05, 3.63) is 30.4 Å². The van der Waals surface area contributed by atoms with E-state index in [0.717, 1.165) is 17.8 Å². The molecule has 0 aromatic carbocycles. The summed E-state index contributed by atoms with van der Waals surface area (Å²) in [7, 11) is 0. The normalized spacial score (nSPS) is 11.3. The van der Waals surface area contributed by atoms with Crippen molar-refractivity contribution < 1.29 is 0 Å². The van der Waals surface area contributed by atoms with Crippen molar-refractivity contribution in [2.45, 2.75) is 32.6 Å². The number of nitrogens with zero attached hydrogens (tertiary/aromatic N) is 2. The second-order valence-corrected chi connectivity index (χ2v) is 3.77.